The second-order valence-corrected chi connectivity index (χ2v) is 4.54. The highest BCUT2D eigenvalue weighted by atomic mass is 14.8. The van der Waals surface area contributed by atoms with Gasteiger partial charge in [0.25, 0.3) is 0 Å². The Morgan fingerprint density at radius 3 is 2.73 bits per heavy atom. The summed E-state index contributed by atoms with van der Waals surface area (Å²) in [5.74, 6) is 0.679. The molecule has 0 N–H and O–H groups in total. The standard InChI is InChI=1S/C14H19N/c1-11-7-3-5-9-13(11)15-14-10-6-4-8-12(14)2/h3,5,7,9,12H,4,6,8,10H2,1-2H3. The summed E-state index contributed by atoms with van der Waals surface area (Å²) in [4.78, 5) is 4.82. The van der Waals surface area contributed by atoms with Crippen LogP contribution in [-0.4, -0.2) is 5.71 Å². The van der Waals surface area contributed by atoms with Gasteiger partial charge in [0.15, 0.2) is 0 Å². The van der Waals surface area contributed by atoms with Crippen LogP contribution in [0.15, 0.2) is 29.3 Å². The van der Waals surface area contributed by atoms with Crippen LogP contribution in [-0.2, 0) is 0 Å². The molecule has 0 aromatic heterocycles. The van der Waals surface area contributed by atoms with Gasteiger partial charge in [-0.3, -0.25) is 4.99 Å². The molecule has 0 heterocycles. The van der Waals surface area contributed by atoms with Crippen LogP contribution in [0.3, 0.4) is 0 Å². The highest BCUT2D eigenvalue weighted by molar-refractivity contribution is 5.89. The summed E-state index contributed by atoms with van der Waals surface area (Å²) >= 11 is 0. The monoisotopic (exact) mass is 201 g/mol. The smallest absolute Gasteiger partial charge is 0.0658 e. The van der Waals surface area contributed by atoms with Gasteiger partial charge in [0.05, 0.1) is 5.69 Å². The summed E-state index contributed by atoms with van der Waals surface area (Å²) in [5.41, 5.74) is 3.83. The Kier molecular flexibility index (Phi) is 3.20. The number of nitrogens with zero attached hydrogens (tertiary/aromatic N) is 1. The fourth-order valence-corrected chi connectivity index (χ4v) is 2.18. The summed E-state index contributed by atoms with van der Waals surface area (Å²) in [7, 11) is 0. The Bertz CT molecular complexity index is 365. The lowest BCUT2D eigenvalue weighted by Gasteiger charge is -2.20. The van der Waals surface area contributed by atoms with Gasteiger partial charge in [-0.15, -0.1) is 0 Å². The van der Waals surface area contributed by atoms with Crippen molar-refractivity contribution >= 4 is 11.4 Å². The number of para-hydroxylation sites is 1. The lowest BCUT2D eigenvalue weighted by atomic mass is 9.88. The minimum absolute atomic E-state index is 0.679. The predicted molar refractivity (Wildman–Crippen MR) is 65.9 cm³/mol. The fraction of sp³-hybridized carbons (Fsp3) is 0.500. The number of aryl methyl sites for hydroxylation is 1. The van der Waals surface area contributed by atoms with Crippen LogP contribution in [0.4, 0.5) is 5.69 Å². The zero-order chi connectivity index (χ0) is 10.7. The van der Waals surface area contributed by atoms with Gasteiger partial charge >= 0.3 is 0 Å². The van der Waals surface area contributed by atoms with Gasteiger partial charge < -0.3 is 0 Å². The van der Waals surface area contributed by atoms with Crippen molar-refractivity contribution in [3.05, 3.63) is 29.8 Å². The zero-order valence-electron chi connectivity index (χ0n) is 9.66. The Balaban J connectivity index is 2.25. The SMILES string of the molecule is Cc1ccccc1N=C1CCCCC1C. The summed E-state index contributed by atoms with van der Waals surface area (Å²) in [5, 5.41) is 0. The van der Waals surface area contributed by atoms with Crippen LogP contribution >= 0.6 is 0 Å². The molecule has 1 aromatic carbocycles. The molecular formula is C14H19N. The van der Waals surface area contributed by atoms with Crippen LogP contribution in [0.25, 0.3) is 0 Å². The highest BCUT2D eigenvalue weighted by Crippen LogP contribution is 2.25. The van der Waals surface area contributed by atoms with Crippen LogP contribution in [0.2, 0.25) is 0 Å². The van der Waals surface area contributed by atoms with E-state index >= 15 is 0 Å². The third kappa shape index (κ3) is 2.47. The molecule has 1 aromatic rings. The van der Waals surface area contributed by atoms with E-state index in [1.807, 2.05) is 0 Å². The van der Waals surface area contributed by atoms with E-state index in [9.17, 15) is 0 Å². The lowest BCUT2D eigenvalue weighted by molar-refractivity contribution is 0.560. The Hall–Kier alpha value is -1.11. The van der Waals surface area contributed by atoms with E-state index in [0.29, 0.717) is 5.92 Å². The molecule has 0 amide bonds. The molecule has 0 saturated heterocycles. The fourth-order valence-electron chi connectivity index (χ4n) is 2.18. The van der Waals surface area contributed by atoms with Gasteiger partial charge in [-0.05, 0) is 43.7 Å². The molecule has 1 aliphatic carbocycles. The van der Waals surface area contributed by atoms with Crippen LogP contribution in [0.5, 0.6) is 0 Å². The Morgan fingerprint density at radius 1 is 1.20 bits per heavy atom. The van der Waals surface area contributed by atoms with Crippen molar-refractivity contribution in [1.29, 1.82) is 0 Å². The van der Waals surface area contributed by atoms with Gasteiger partial charge in [0.1, 0.15) is 0 Å². The summed E-state index contributed by atoms with van der Waals surface area (Å²) in [6, 6.07) is 8.39. The van der Waals surface area contributed by atoms with Gasteiger partial charge in [-0.1, -0.05) is 31.5 Å². The zero-order valence-corrected chi connectivity index (χ0v) is 9.66. The number of hydrogen-bond acceptors (Lipinski definition) is 1. The van der Waals surface area contributed by atoms with Crippen LogP contribution < -0.4 is 0 Å². The van der Waals surface area contributed by atoms with Crippen molar-refractivity contribution in [3.63, 3.8) is 0 Å². The van der Waals surface area contributed by atoms with Crippen molar-refractivity contribution in [2.24, 2.45) is 10.9 Å². The molecule has 1 unspecified atom stereocenters. The molecule has 1 nitrogen and oxygen atoms in total. The number of rotatable bonds is 1. The molecule has 0 bridgehead atoms. The molecule has 15 heavy (non-hydrogen) atoms. The van der Waals surface area contributed by atoms with Gasteiger partial charge in [-0.2, -0.15) is 0 Å². The molecule has 0 radical (unpaired) electrons. The first kappa shape index (κ1) is 10.4. The summed E-state index contributed by atoms with van der Waals surface area (Å²) < 4.78 is 0. The molecule has 1 saturated carbocycles. The van der Waals surface area contributed by atoms with E-state index in [-0.39, 0.29) is 0 Å². The first-order chi connectivity index (χ1) is 7.27. The van der Waals surface area contributed by atoms with Crippen molar-refractivity contribution in [1.82, 2.24) is 0 Å². The van der Waals surface area contributed by atoms with E-state index in [0.717, 1.165) is 5.69 Å². The largest absolute Gasteiger partial charge is 0.257 e. The second kappa shape index (κ2) is 4.61. The molecular weight excluding hydrogens is 182 g/mol. The highest BCUT2D eigenvalue weighted by Gasteiger charge is 2.15. The maximum Gasteiger partial charge on any atom is 0.0658 e. The molecule has 2 rings (SSSR count). The van der Waals surface area contributed by atoms with E-state index in [1.165, 1.54) is 37.0 Å². The van der Waals surface area contributed by atoms with Crippen LogP contribution in [0.1, 0.15) is 38.2 Å². The third-order valence-electron chi connectivity index (χ3n) is 3.27. The van der Waals surface area contributed by atoms with Gasteiger partial charge in [0.2, 0.25) is 0 Å². The Morgan fingerprint density at radius 2 is 2.00 bits per heavy atom. The van der Waals surface area contributed by atoms with Gasteiger partial charge in [-0.25, -0.2) is 0 Å². The molecule has 1 heteroatoms. The van der Waals surface area contributed by atoms with Crippen molar-refractivity contribution < 1.29 is 0 Å². The van der Waals surface area contributed by atoms with E-state index < -0.39 is 0 Å². The first-order valence-electron chi connectivity index (χ1n) is 5.90. The average Bonchev–Trinajstić information content (AvgIpc) is 2.24. The predicted octanol–water partition coefficient (Wildman–Crippen LogP) is 4.28. The molecule has 1 fully saturated rings. The summed E-state index contributed by atoms with van der Waals surface area (Å²) in [6.07, 6.45) is 5.18. The van der Waals surface area contributed by atoms with E-state index in [4.69, 9.17) is 4.99 Å². The molecule has 80 valence electrons. The number of hydrogen-bond donors (Lipinski definition) is 0. The summed E-state index contributed by atoms with van der Waals surface area (Å²) in [6.45, 7) is 4.43. The molecule has 1 atom stereocenters. The first-order valence-corrected chi connectivity index (χ1v) is 5.90. The molecule has 1 aliphatic rings. The normalized spacial score (nSPS) is 24.4. The van der Waals surface area contributed by atoms with Crippen molar-refractivity contribution in [3.8, 4) is 0 Å². The molecule has 0 spiro atoms. The van der Waals surface area contributed by atoms with Crippen molar-refractivity contribution in [2.45, 2.75) is 39.5 Å². The minimum Gasteiger partial charge on any atom is -0.257 e. The van der Waals surface area contributed by atoms with E-state index in [1.54, 1.807) is 0 Å². The number of aliphatic imine (C=N–C) groups is 1. The topological polar surface area (TPSA) is 12.4 Å². The minimum atomic E-state index is 0.679. The maximum absolute atomic E-state index is 4.82. The van der Waals surface area contributed by atoms with E-state index in [2.05, 4.69) is 38.1 Å². The third-order valence-corrected chi connectivity index (χ3v) is 3.27. The quantitative estimate of drug-likeness (QED) is 0.643. The lowest BCUT2D eigenvalue weighted by Crippen LogP contribution is -2.15. The van der Waals surface area contributed by atoms with Crippen LogP contribution in [0, 0.1) is 12.8 Å². The second-order valence-electron chi connectivity index (χ2n) is 4.54. The maximum atomic E-state index is 4.82. The van der Waals surface area contributed by atoms with Crippen molar-refractivity contribution in [2.75, 3.05) is 0 Å². The Labute approximate surface area is 92.2 Å². The van der Waals surface area contributed by atoms with Gasteiger partial charge in [0, 0.05) is 5.71 Å². The number of benzene rings is 1. The molecule has 0 aliphatic heterocycles. The average molecular weight is 201 g/mol.